The van der Waals surface area contributed by atoms with Crippen LogP contribution in [0.5, 0.6) is 11.5 Å². The van der Waals surface area contributed by atoms with Crippen LogP contribution >= 0.6 is 0 Å². The molecule has 0 saturated heterocycles. The van der Waals surface area contributed by atoms with Gasteiger partial charge in [-0.1, -0.05) is 0 Å². The summed E-state index contributed by atoms with van der Waals surface area (Å²) in [5, 5.41) is 9.24. The second-order valence-electron chi connectivity index (χ2n) is 5.02. The summed E-state index contributed by atoms with van der Waals surface area (Å²) in [7, 11) is 3.06. The lowest BCUT2D eigenvalue weighted by atomic mass is 10.1. The number of aromatic amines is 1. The lowest BCUT2D eigenvalue weighted by Crippen LogP contribution is -2.11. The van der Waals surface area contributed by atoms with E-state index >= 15 is 0 Å². The summed E-state index contributed by atoms with van der Waals surface area (Å²) in [5.74, 6) is 0.344. The van der Waals surface area contributed by atoms with Crippen molar-refractivity contribution in [2.24, 2.45) is 0 Å². The van der Waals surface area contributed by atoms with Crippen molar-refractivity contribution in [3.05, 3.63) is 52.3 Å². The summed E-state index contributed by atoms with van der Waals surface area (Å²) in [6.07, 6.45) is 0. The fourth-order valence-electron chi connectivity index (χ4n) is 2.39. The minimum atomic E-state index is -1.10. The number of benzene rings is 2. The topological polar surface area (TPSA) is 102 Å². The van der Waals surface area contributed by atoms with Crippen LogP contribution in [-0.2, 0) is 0 Å². The smallest absolute Gasteiger partial charge is 0.335 e. The number of carbonyl (C=O) groups is 1. The molecule has 0 bridgehead atoms. The Morgan fingerprint density at radius 2 is 1.92 bits per heavy atom. The molecule has 0 aliphatic heterocycles. The molecule has 7 nitrogen and oxygen atoms in total. The first-order valence-electron chi connectivity index (χ1n) is 7.03. The Balaban J connectivity index is 2.20. The molecule has 122 valence electrons. The monoisotopic (exact) mass is 326 g/mol. The van der Waals surface area contributed by atoms with Crippen LogP contribution in [0.2, 0.25) is 0 Å². The van der Waals surface area contributed by atoms with Gasteiger partial charge in [0.25, 0.3) is 5.56 Å². The molecule has 0 amide bonds. The first-order chi connectivity index (χ1) is 11.5. The minimum Gasteiger partial charge on any atom is -0.497 e. The molecule has 0 aliphatic rings. The number of rotatable bonds is 4. The third kappa shape index (κ3) is 2.67. The van der Waals surface area contributed by atoms with Crippen LogP contribution in [0.15, 0.2) is 41.2 Å². The van der Waals surface area contributed by atoms with Crippen LogP contribution in [0, 0.1) is 0 Å². The van der Waals surface area contributed by atoms with Gasteiger partial charge in [-0.25, -0.2) is 9.78 Å². The predicted molar refractivity (Wildman–Crippen MR) is 87.9 cm³/mol. The van der Waals surface area contributed by atoms with E-state index in [1.807, 2.05) is 0 Å². The molecule has 24 heavy (non-hydrogen) atoms. The number of H-pyrrole nitrogens is 1. The van der Waals surface area contributed by atoms with E-state index < -0.39 is 11.5 Å². The number of aromatic nitrogens is 2. The van der Waals surface area contributed by atoms with E-state index in [0.717, 1.165) is 0 Å². The fraction of sp³-hybridized carbons (Fsp3) is 0.118. The number of nitrogens with zero attached hydrogens (tertiary/aromatic N) is 1. The first kappa shape index (κ1) is 15.5. The Kier molecular flexibility index (Phi) is 3.91. The number of hydrogen-bond donors (Lipinski definition) is 2. The zero-order chi connectivity index (χ0) is 17.3. The number of ether oxygens (including phenoxy) is 2. The predicted octanol–water partition coefficient (Wildman–Crippen LogP) is 2.31. The number of carboxylic acid groups (broad SMARTS) is 1. The van der Waals surface area contributed by atoms with Crippen LogP contribution in [0.3, 0.4) is 0 Å². The third-order valence-corrected chi connectivity index (χ3v) is 3.62. The Bertz CT molecular complexity index is 994. The van der Waals surface area contributed by atoms with Gasteiger partial charge in [0, 0.05) is 6.07 Å². The second kappa shape index (κ2) is 6.04. The molecule has 3 aromatic rings. The first-order valence-corrected chi connectivity index (χ1v) is 7.03. The van der Waals surface area contributed by atoms with Gasteiger partial charge in [-0.05, 0) is 30.3 Å². The summed E-state index contributed by atoms with van der Waals surface area (Å²) in [5.41, 5.74) is 0.608. The fourth-order valence-corrected chi connectivity index (χ4v) is 2.39. The number of nitrogens with one attached hydrogen (secondary N) is 1. The molecule has 1 aromatic heterocycles. The Labute approximate surface area is 136 Å². The summed E-state index contributed by atoms with van der Waals surface area (Å²) < 4.78 is 10.5. The van der Waals surface area contributed by atoms with Gasteiger partial charge in [0.2, 0.25) is 0 Å². The van der Waals surface area contributed by atoms with Gasteiger partial charge in [0.1, 0.15) is 17.3 Å². The molecular formula is C17H14N2O5. The lowest BCUT2D eigenvalue weighted by molar-refractivity contribution is 0.0697. The zero-order valence-electron chi connectivity index (χ0n) is 13.0. The number of methoxy groups -OCH3 is 2. The molecule has 2 aromatic carbocycles. The normalized spacial score (nSPS) is 10.6. The summed E-state index contributed by atoms with van der Waals surface area (Å²) in [4.78, 5) is 30.4. The summed E-state index contributed by atoms with van der Waals surface area (Å²) in [6, 6.07) is 9.37. The average Bonchev–Trinajstić information content (AvgIpc) is 2.60. The van der Waals surface area contributed by atoms with Crippen molar-refractivity contribution < 1.29 is 19.4 Å². The van der Waals surface area contributed by atoms with E-state index in [2.05, 4.69) is 9.97 Å². The van der Waals surface area contributed by atoms with E-state index in [4.69, 9.17) is 14.6 Å². The highest BCUT2D eigenvalue weighted by atomic mass is 16.5. The van der Waals surface area contributed by atoms with E-state index in [1.54, 1.807) is 25.3 Å². The summed E-state index contributed by atoms with van der Waals surface area (Å²) in [6.45, 7) is 0. The van der Waals surface area contributed by atoms with Crippen LogP contribution in [0.4, 0.5) is 0 Å². The Morgan fingerprint density at radius 1 is 1.12 bits per heavy atom. The van der Waals surface area contributed by atoms with Gasteiger partial charge in [0.15, 0.2) is 0 Å². The highest BCUT2D eigenvalue weighted by molar-refractivity contribution is 5.93. The number of aromatic carboxylic acids is 1. The van der Waals surface area contributed by atoms with Crippen molar-refractivity contribution in [2.75, 3.05) is 14.2 Å². The number of hydrogen-bond acceptors (Lipinski definition) is 5. The van der Waals surface area contributed by atoms with Crippen molar-refractivity contribution >= 4 is 16.9 Å². The van der Waals surface area contributed by atoms with Gasteiger partial charge in [0.05, 0.1) is 36.2 Å². The molecule has 7 heteroatoms. The quantitative estimate of drug-likeness (QED) is 0.763. The van der Waals surface area contributed by atoms with E-state index in [1.165, 1.54) is 25.3 Å². The SMILES string of the molecule is COc1ccc(-c2nc3ccc(C(=O)O)cc3c(=O)[nH]2)c(OC)c1. The van der Waals surface area contributed by atoms with E-state index in [9.17, 15) is 9.59 Å². The minimum absolute atomic E-state index is 0.0320. The molecule has 0 atom stereocenters. The molecule has 0 aliphatic carbocycles. The molecule has 2 N–H and O–H groups in total. The molecule has 0 fully saturated rings. The van der Waals surface area contributed by atoms with Crippen LogP contribution in [-0.4, -0.2) is 35.3 Å². The molecule has 1 heterocycles. The third-order valence-electron chi connectivity index (χ3n) is 3.62. The second-order valence-corrected chi connectivity index (χ2v) is 5.02. The molecular weight excluding hydrogens is 312 g/mol. The Hall–Kier alpha value is -3.35. The van der Waals surface area contributed by atoms with Gasteiger partial charge >= 0.3 is 5.97 Å². The van der Waals surface area contributed by atoms with Crippen LogP contribution < -0.4 is 15.0 Å². The highest BCUT2D eigenvalue weighted by Crippen LogP contribution is 2.31. The molecule has 0 radical (unpaired) electrons. The van der Waals surface area contributed by atoms with Crippen LogP contribution in [0.25, 0.3) is 22.3 Å². The van der Waals surface area contributed by atoms with Crippen molar-refractivity contribution in [1.29, 1.82) is 0 Å². The van der Waals surface area contributed by atoms with Crippen molar-refractivity contribution in [3.8, 4) is 22.9 Å². The maximum atomic E-state index is 12.3. The maximum Gasteiger partial charge on any atom is 0.335 e. The van der Waals surface area contributed by atoms with Gasteiger partial charge in [-0.3, -0.25) is 4.79 Å². The largest absolute Gasteiger partial charge is 0.497 e. The number of carboxylic acids is 1. The average molecular weight is 326 g/mol. The standard InChI is InChI=1S/C17H14N2O5/c1-23-10-4-5-11(14(8-10)24-2)15-18-13-6-3-9(17(21)22)7-12(13)16(20)19-15/h3-8H,1-2H3,(H,21,22)(H,18,19,20). The van der Waals surface area contributed by atoms with Crippen LogP contribution in [0.1, 0.15) is 10.4 Å². The summed E-state index contributed by atoms with van der Waals surface area (Å²) >= 11 is 0. The van der Waals surface area contributed by atoms with Crippen molar-refractivity contribution in [2.45, 2.75) is 0 Å². The maximum absolute atomic E-state index is 12.3. The zero-order valence-corrected chi connectivity index (χ0v) is 13.0. The highest BCUT2D eigenvalue weighted by Gasteiger charge is 2.13. The van der Waals surface area contributed by atoms with Crippen molar-refractivity contribution in [1.82, 2.24) is 9.97 Å². The Morgan fingerprint density at radius 3 is 2.58 bits per heavy atom. The number of fused-ring (bicyclic) bond motifs is 1. The molecule has 0 unspecified atom stereocenters. The molecule has 3 rings (SSSR count). The molecule has 0 saturated carbocycles. The molecule has 0 spiro atoms. The van der Waals surface area contributed by atoms with Gasteiger partial charge < -0.3 is 19.6 Å². The lowest BCUT2D eigenvalue weighted by Gasteiger charge is -2.10. The van der Waals surface area contributed by atoms with Gasteiger partial charge in [-0.15, -0.1) is 0 Å². The van der Waals surface area contributed by atoms with Crippen molar-refractivity contribution in [3.63, 3.8) is 0 Å². The van der Waals surface area contributed by atoms with E-state index in [-0.39, 0.29) is 10.9 Å². The van der Waals surface area contributed by atoms with Gasteiger partial charge in [-0.2, -0.15) is 0 Å². The van der Waals surface area contributed by atoms with E-state index in [0.29, 0.717) is 28.4 Å².